The van der Waals surface area contributed by atoms with Gasteiger partial charge in [0, 0.05) is 19.5 Å². The Hall–Kier alpha value is -1.75. The number of amides is 1. The van der Waals surface area contributed by atoms with Crippen molar-refractivity contribution in [3.8, 4) is 5.75 Å². The van der Waals surface area contributed by atoms with Gasteiger partial charge in [0.1, 0.15) is 5.75 Å². The van der Waals surface area contributed by atoms with Crippen molar-refractivity contribution in [3.63, 3.8) is 0 Å². The van der Waals surface area contributed by atoms with Crippen LogP contribution in [0.3, 0.4) is 0 Å². The zero-order chi connectivity index (χ0) is 13.7. The van der Waals surface area contributed by atoms with Crippen LogP contribution in [0.1, 0.15) is 18.4 Å². The zero-order valence-electron chi connectivity index (χ0n) is 11.0. The summed E-state index contributed by atoms with van der Waals surface area (Å²) in [5.74, 6) is 0.295. The maximum absolute atomic E-state index is 11.9. The molecule has 1 heterocycles. The Balaban J connectivity index is 1.76. The van der Waals surface area contributed by atoms with Gasteiger partial charge in [-0.05, 0) is 30.5 Å². The lowest BCUT2D eigenvalue weighted by atomic mass is 10.1. The first-order chi connectivity index (χ1) is 9.16. The standard InChI is InChI=1S/C14H20N2O3/c15-12-10-11(4-5-13(12)17)2-1-3-14(18)16-6-8-19-9-7-16/h4-5,10,17H,1-3,6-9,15H2. The van der Waals surface area contributed by atoms with Crippen molar-refractivity contribution in [2.75, 3.05) is 32.0 Å². The van der Waals surface area contributed by atoms with Crippen LogP contribution in [0.25, 0.3) is 0 Å². The molecule has 1 aromatic carbocycles. The third-order valence-corrected chi connectivity index (χ3v) is 3.31. The zero-order valence-corrected chi connectivity index (χ0v) is 11.0. The van der Waals surface area contributed by atoms with Crippen LogP contribution in [0.4, 0.5) is 5.69 Å². The SMILES string of the molecule is Nc1cc(CCCC(=O)N2CCOCC2)ccc1O. The lowest BCUT2D eigenvalue weighted by Crippen LogP contribution is -2.40. The van der Waals surface area contributed by atoms with Gasteiger partial charge in [-0.1, -0.05) is 6.07 Å². The van der Waals surface area contributed by atoms with E-state index in [1.807, 2.05) is 11.0 Å². The summed E-state index contributed by atoms with van der Waals surface area (Å²) >= 11 is 0. The number of phenolic OH excluding ortho intramolecular Hbond substituents is 1. The summed E-state index contributed by atoms with van der Waals surface area (Å²) in [6.45, 7) is 2.68. The number of carbonyl (C=O) groups excluding carboxylic acids is 1. The van der Waals surface area contributed by atoms with Crippen LogP contribution < -0.4 is 5.73 Å². The normalized spacial score (nSPS) is 15.5. The summed E-state index contributed by atoms with van der Waals surface area (Å²) in [5.41, 5.74) is 7.06. The Morgan fingerprint density at radius 3 is 2.79 bits per heavy atom. The Labute approximate surface area is 113 Å². The van der Waals surface area contributed by atoms with Crippen LogP contribution >= 0.6 is 0 Å². The first kappa shape index (κ1) is 13.7. The first-order valence-corrected chi connectivity index (χ1v) is 6.59. The molecule has 1 fully saturated rings. The average molecular weight is 264 g/mol. The molecule has 1 amide bonds. The van der Waals surface area contributed by atoms with E-state index in [0.29, 0.717) is 38.4 Å². The Bertz CT molecular complexity index is 442. The number of ether oxygens (including phenoxy) is 1. The summed E-state index contributed by atoms with van der Waals surface area (Å²) < 4.78 is 5.22. The third-order valence-electron chi connectivity index (χ3n) is 3.31. The Morgan fingerprint density at radius 1 is 1.37 bits per heavy atom. The van der Waals surface area contributed by atoms with E-state index in [0.717, 1.165) is 18.4 Å². The number of hydrogen-bond donors (Lipinski definition) is 2. The number of aryl methyl sites for hydroxylation is 1. The van der Waals surface area contributed by atoms with E-state index < -0.39 is 0 Å². The quantitative estimate of drug-likeness (QED) is 0.632. The van der Waals surface area contributed by atoms with Crippen molar-refractivity contribution >= 4 is 11.6 Å². The number of morpholine rings is 1. The minimum atomic E-state index is 0.105. The van der Waals surface area contributed by atoms with Crippen LogP contribution in [0.5, 0.6) is 5.75 Å². The minimum absolute atomic E-state index is 0.105. The predicted octanol–water partition coefficient (Wildman–Crippen LogP) is 1.16. The highest BCUT2D eigenvalue weighted by Crippen LogP contribution is 2.21. The van der Waals surface area contributed by atoms with Gasteiger partial charge in [-0.2, -0.15) is 0 Å². The van der Waals surface area contributed by atoms with Crippen LogP contribution in [-0.2, 0) is 16.0 Å². The number of anilines is 1. The number of benzene rings is 1. The molecular formula is C14H20N2O3. The maximum atomic E-state index is 11.9. The van der Waals surface area contributed by atoms with Gasteiger partial charge in [0.25, 0.3) is 0 Å². The van der Waals surface area contributed by atoms with E-state index in [2.05, 4.69) is 0 Å². The lowest BCUT2D eigenvalue weighted by Gasteiger charge is -2.26. The van der Waals surface area contributed by atoms with E-state index in [4.69, 9.17) is 10.5 Å². The lowest BCUT2D eigenvalue weighted by molar-refractivity contribution is -0.135. The molecule has 0 unspecified atom stereocenters. The fourth-order valence-electron chi connectivity index (χ4n) is 2.17. The monoisotopic (exact) mass is 264 g/mol. The molecule has 19 heavy (non-hydrogen) atoms. The molecule has 104 valence electrons. The van der Waals surface area contributed by atoms with Crippen molar-refractivity contribution in [1.82, 2.24) is 4.90 Å². The van der Waals surface area contributed by atoms with E-state index in [-0.39, 0.29) is 11.7 Å². The first-order valence-electron chi connectivity index (χ1n) is 6.59. The number of phenols is 1. The average Bonchev–Trinajstić information content (AvgIpc) is 2.43. The van der Waals surface area contributed by atoms with Crippen molar-refractivity contribution in [3.05, 3.63) is 23.8 Å². The molecule has 1 aliphatic heterocycles. The van der Waals surface area contributed by atoms with Gasteiger partial charge in [-0.3, -0.25) is 4.79 Å². The van der Waals surface area contributed by atoms with Gasteiger partial charge < -0.3 is 20.5 Å². The molecule has 0 spiro atoms. The van der Waals surface area contributed by atoms with Crippen molar-refractivity contribution in [2.45, 2.75) is 19.3 Å². The van der Waals surface area contributed by atoms with Gasteiger partial charge in [0.15, 0.2) is 0 Å². The summed E-state index contributed by atoms with van der Waals surface area (Å²) in [4.78, 5) is 13.8. The number of hydrogen-bond acceptors (Lipinski definition) is 4. The molecule has 5 nitrogen and oxygen atoms in total. The molecule has 2 rings (SSSR count). The molecule has 0 aromatic heterocycles. The molecular weight excluding hydrogens is 244 g/mol. The molecule has 0 aliphatic carbocycles. The number of carbonyl (C=O) groups is 1. The van der Waals surface area contributed by atoms with E-state index in [9.17, 15) is 9.90 Å². The highest BCUT2D eigenvalue weighted by molar-refractivity contribution is 5.76. The molecule has 1 saturated heterocycles. The van der Waals surface area contributed by atoms with E-state index in [1.54, 1.807) is 12.1 Å². The summed E-state index contributed by atoms with van der Waals surface area (Å²) in [6, 6.07) is 5.19. The van der Waals surface area contributed by atoms with Gasteiger partial charge in [-0.25, -0.2) is 0 Å². The second-order valence-electron chi connectivity index (χ2n) is 4.74. The van der Waals surface area contributed by atoms with Gasteiger partial charge in [-0.15, -0.1) is 0 Å². The van der Waals surface area contributed by atoms with Gasteiger partial charge in [0.2, 0.25) is 5.91 Å². The molecule has 0 bridgehead atoms. The van der Waals surface area contributed by atoms with Crippen LogP contribution in [-0.4, -0.2) is 42.2 Å². The molecule has 5 heteroatoms. The van der Waals surface area contributed by atoms with Crippen molar-refractivity contribution in [1.29, 1.82) is 0 Å². The fraction of sp³-hybridized carbons (Fsp3) is 0.500. The minimum Gasteiger partial charge on any atom is -0.506 e. The number of aromatic hydroxyl groups is 1. The Kier molecular flexibility index (Phi) is 4.63. The highest BCUT2D eigenvalue weighted by atomic mass is 16.5. The number of nitrogens with zero attached hydrogens (tertiary/aromatic N) is 1. The van der Waals surface area contributed by atoms with Crippen LogP contribution in [0, 0.1) is 0 Å². The maximum Gasteiger partial charge on any atom is 0.222 e. The van der Waals surface area contributed by atoms with Crippen molar-refractivity contribution in [2.24, 2.45) is 0 Å². The van der Waals surface area contributed by atoms with E-state index >= 15 is 0 Å². The van der Waals surface area contributed by atoms with Crippen LogP contribution in [0.2, 0.25) is 0 Å². The molecule has 3 N–H and O–H groups in total. The fourth-order valence-corrected chi connectivity index (χ4v) is 2.17. The number of nitrogens with two attached hydrogens (primary N) is 1. The molecule has 0 radical (unpaired) electrons. The van der Waals surface area contributed by atoms with Crippen LogP contribution in [0.15, 0.2) is 18.2 Å². The molecule has 0 saturated carbocycles. The van der Waals surface area contributed by atoms with E-state index in [1.165, 1.54) is 0 Å². The summed E-state index contributed by atoms with van der Waals surface area (Å²) in [7, 11) is 0. The smallest absolute Gasteiger partial charge is 0.222 e. The van der Waals surface area contributed by atoms with Gasteiger partial charge >= 0.3 is 0 Å². The topological polar surface area (TPSA) is 75.8 Å². The number of rotatable bonds is 4. The molecule has 1 aliphatic rings. The largest absolute Gasteiger partial charge is 0.506 e. The van der Waals surface area contributed by atoms with Crippen molar-refractivity contribution < 1.29 is 14.6 Å². The predicted molar refractivity (Wildman–Crippen MR) is 72.9 cm³/mol. The number of nitrogen functional groups attached to an aromatic ring is 1. The summed E-state index contributed by atoms with van der Waals surface area (Å²) in [5, 5.41) is 9.33. The second-order valence-corrected chi connectivity index (χ2v) is 4.74. The Morgan fingerprint density at radius 2 is 2.11 bits per heavy atom. The second kappa shape index (κ2) is 6.43. The molecule has 0 atom stereocenters. The molecule has 1 aromatic rings. The van der Waals surface area contributed by atoms with Gasteiger partial charge in [0.05, 0.1) is 18.9 Å². The highest BCUT2D eigenvalue weighted by Gasteiger charge is 2.15. The third kappa shape index (κ3) is 3.86. The summed E-state index contributed by atoms with van der Waals surface area (Å²) in [6.07, 6.45) is 2.13.